The van der Waals surface area contributed by atoms with Crippen molar-refractivity contribution in [2.75, 3.05) is 50.6 Å². The van der Waals surface area contributed by atoms with Gasteiger partial charge in [-0.15, -0.1) is 24.0 Å². The Morgan fingerprint density at radius 2 is 1.93 bits per heavy atom. The Morgan fingerprint density at radius 1 is 1.18 bits per heavy atom. The average molecular weight is 496 g/mol. The van der Waals surface area contributed by atoms with Gasteiger partial charge in [0.05, 0.1) is 13.2 Å². The monoisotopic (exact) mass is 496 g/mol. The first-order valence-electron chi connectivity index (χ1n) is 9.18. The largest absolute Gasteiger partial charge is 0.380 e. The molecule has 0 unspecified atom stereocenters. The predicted octanol–water partition coefficient (Wildman–Crippen LogP) is 2.52. The van der Waals surface area contributed by atoms with Crippen molar-refractivity contribution in [2.45, 2.75) is 13.2 Å². The lowest BCUT2D eigenvalue weighted by molar-refractivity contribution is 0.185. The van der Waals surface area contributed by atoms with Crippen LogP contribution in [-0.2, 0) is 17.9 Å². The summed E-state index contributed by atoms with van der Waals surface area (Å²) in [6.07, 6.45) is 1.88. The van der Waals surface area contributed by atoms with E-state index in [0.29, 0.717) is 19.1 Å². The molecule has 152 valence electrons. The normalized spacial score (nSPS) is 15.2. The Bertz CT molecular complexity index is 760. The fraction of sp³-hybridized carbons (Fsp3) is 0.400. The van der Waals surface area contributed by atoms with Crippen molar-refractivity contribution >= 4 is 41.4 Å². The van der Waals surface area contributed by atoms with Gasteiger partial charge in [-0.1, -0.05) is 24.3 Å². The van der Waals surface area contributed by atoms with Crippen LogP contribution in [0.4, 0.5) is 11.5 Å². The maximum absolute atomic E-state index is 6.04. The molecule has 3 N–H and O–H groups in total. The number of aromatic nitrogens is 1. The topological polar surface area (TPSA) is 79.0 Å². The summed E-state index contributed by atoms with van der Waals surface area (Å²) in [5, 5.41) is 3.15. The summed E-state index contributed by atoms with van der Waals surface area (Å²) in [5.74, 6) is 1.40. The van der Waals surface area contributed by atoms with Crippen molar-refractivity contribution in [3.8, 4) is 0 Å². The molecule has 8 heteroatoms. The lowest BCUT2D eigenvalue weighted by atomic mass is 10.2. The summed E-state index contributed by atoms with van der Waals surface area (Å²) in [7, 11) is 3.82. The molecule has 2 aromatic rings. The number of pyridine rings is 1. The fourth-order valence-electron chi connectivity index (χ4n) is 3.01. The quantitative estimate of drug-likeness (QED) is 0.364. The van der Waals surface area contributed by atoms with Gasteiger partial charge in [0.2, 0.25) is 0 Å². The molecule has 0 atom stereocenters. The van der Waals surface area contributed by atoms with Gasteiger partial charge in [-0.2, -0.15) is 0 Å². The number of benzene rings is 1. The van der Waals surface area contributed by atoms with Crippen LogP contribution in [0.15, 0.2) is 47.6 Å². The summed E-state index contributed by atoms with van der Waals surface area (Å²) in [5.41, 5.74) is 9.02. The molecule has 1 aliphatic heterocycles. The Labute approximate surface area is 184 Å². The highest BCUT2D eigenvalue weighted by atomic mass is 127. The number of likely N-dealkylation sites (N-methyl/N-ethyl adjacent to an activating group) is 1. The number of halogens is 1. The number of ether oxygens (including phenoxy) is 1. The van der Waals surface area contributed by atoms with Gasteiger partial charge >= 0.3 is 0 Å². The van der Waals surface area contributed by atoms with Gasteiger partial charge in [0, 0.05) is 50.7 Å². The number of aliphatic imine (C=N–C) groups is 1. The van der Waals surface area contributed by atoms with Gasteiger partial charge < -0.3 is 25.6 Å². The summed E-state index contributed by atoms with van der Waals surface area (Å²) in [6, 6.07) is 12.0. The van der Waals surface area contributed by atoms with Crippen molar-refractivity contribution in [2.24, 2.45) is 10.7 Å². The number of guanidine groups is 1. The van der Waals surface area contributed by atoms with E-state index in [1.54, 1.807) is 7.11 Å². The van der Waals surface area contributed by atoms with E-state index in [-0.39, 0.29) is 24.0 Å². The van der Waals surface area contributed by atoms with Crippen LogP contribution in [0.25, 0.3) is 0 Å². The van der Waals surface area contributed by atoms with Crippen LogP contribution >= 0.6 is 24.0 Å². The molecule has 0 saturated carbocycles. The first kappa shape index (κ1) is 22.4. The van der Waals surface area contributed by atoms with Gasteiger partial charge in [-0.25, -0.2) is 9.98 Å². The fourth-order valence-corrected chi connectivity index (χ4v) is 3.01. The van der Waals surface area contributed by atoms with Crippen LogP contribution < -0.4 is 16.0 Å². The summed E-state index contributed by atoms with van der Waals surface area (Å²) >= 11 is 0. The van der Waals surface area contributed by atoms with E-state index in [4.69, 9.17) is 10.5 Å². The number of nitrogens with one attached hydrogen (secondary N) is 1. The molecule has 1 aromatic heterocycles. The number of nitrogens with zero attached hydrogens (tertiary/aromatic N) is 4. The van der Waals surface area contributed by atoms with Crippen LogP contribution in [0.5, 0.6) is 0 Å². The van der Waals surface area contributed by atoms with E-state index in [0.717, 1.165) is 48.8 Å². The molecule has 2 heterocycles. The molecular formula is C20H29IN6O. The first-order chi connectivity index (χ1) is 13.2. The van der Waals surface area contributed by atoms with E-state index >= 15 is 0 Å². The standard InChI is InChI=1S/C20H28N6O.HI/c1-25-9-11-26(12-10-25)19-8-7-16(13-22-19)14-23-20(21)24-18-6-4-3-5-17(18)15-27-2;/h3-8,13H,9-12,14-15H2,1-2H3,(H3,21,23,24);1H. The molecule has 0 spiro atoms. The smallest absolute Gasteiger partial charge is 0.193 e. The molecule has 0 aliphatic carbocycles. The minimum atomic E-state index is 0. The molecule has 3 rings (SSSR count). The number of nitrogens with two attached hydrogens (primary N) is 1. The number of piperazine rings is 1. The zero-order chi connectivity index (χ0) is 19.1. The number of para-hydroxylation sites is 1. The molecule has 1 aromatic carbocycles. The van der Waals surface area contributed by atoms with Gasteiger partial charge in [0.15, 0.2) is 5.96 Å². The molecule has 0 bridgehead atoms. The third kappa shape index (κ3) is 6.32. The van der Waals surface area contributed by atoms with E-state index in [9.17, 15) is 0 Å². The maximum Gasteiger partial charge on any atom is 0.193 e. The highest BCUT2D eigenvalue weighted by Crippen LogP contribution is 2.16. The van der Waals surface area contributed by atoms with E-state index in [2.05, 4.69) is 44.3 Å². The second-order valence-electron chi connectivity index (χ2n) is 6.73. The molecule has 1 aliphatic rings. The first-order valence-corrected chi connectivity index (χ1v) is 9.18. The lowest BCUT2D eigenvalue weighted by Gasteiger charge is -2.33. The SMILES string of the molecule is COCc1ccccc1NC(N)=NCc1ccc(N2CCN(C)CC2)nc1.I. The lowest BCUT2D eigenvalue weighted by Crippen LogP contribution is -2.44. The third-order valence-corrected chi connectivity index (χ3v) is 4.65. The van der Waals surface area contributed by atoms with Crippen LogP contribution in [0, 0.1) is 0 Å². The van der Waals surface area contributed by atoms with Gasteiger partial charge in [-0.3, -0.25) is 0 Å². The molecular weight excluding hydrogens is 467 g/mol. The maximum atomic E-state index is 6.04. The number of rotatable bonds is 6. The number of anilines is 2. The van der Waals surface area contributed by atoms with E-state index < -0.39 is 0 Å². The van der Waals surface area contributed by atoms with E-state index in [1.807, 2.05) is 30.5 Å². The number of hydrogen-bond acceptors (Lipinski definition) is 5. The molecule has 1 saturated heterocycles. The van der Waals surface area contributed by atoms with Gasteiger partial charge in [0.25, 0.3) is 0 Å². The zero-order valence-electron chi connectivity index (χ0n) is 16.5. The summed E-state index contributed by atoms with van der Waals surface area (Å²) in [6.45, 7) is 5.17. The number of hydrogen-bond donors (Lipinski definition) is 2. The molecule has 0 amide bonds. The van der Waals surface area contributed by atoms with Crippen molar-refractivity contribution in [1.29, 1.82) is 0 Å². The number of methoxy groups -OCH3 is 1. The minimum absolute atomic E-state index is 0. The second-order valence-corrected chi connectivity index (χ2v) is 6.73. The Balaban J connectivity index is 0.00000280. The molecule has 0 radical (unpaired) electrons. The second kappa shape index (κ2) is 11.2. The highest BCUT2D eigenvalue weighted by Gasteiger charge is 2.14. The minimum Gasteiger partial charge on any atom is -0.380 e. The van der Waals surface area contributed by atoms with Crippen molar-refractivity contribution in [1.82, 2.24) is 9.88 Å². The van der Waals surface area contributed by atoms with Crippen molar-refractivity contribution < 1.29 is 4.74 Å². The third-order valence-electron chi connectivity index (χ3n) is 4.65. The summed E-state index contributed by atoms with van der Waals surface area (Å²) < 4.78 is 5.21. The Hall–Kier alpha value is -1.91. The van der Waals surface area contributed by atoms with E-state index in [1.165, 1.54) is 0 Å². The van der Waals surface area contributed by atoms with Crippen molar-refractivity contribution in [3.05, 3.63) is 53.7 Å². The molecule has 1 fully saturated rings. The highest BCUT2D eigenvalue weighted by molar-refractivity contribution is 14.0. The van der Waals surface area contributed by atoms with Crippen molar-refractivity contribution in [3.63, 3.8) is 0 Å². The average Bonchev–Trinajstić information content (AvgIpc) is 2.69. The summed E-state index contributed by atoms with van der Waals surface area (Å²) in [4.78, 5) is 13.7. The Kier molecular flexibility index (Phi) is 8.94. The van der Waals surface area contributed by atoms with Crippen LogP contribution in [0.3, 0.4) is 0 Å². The predicted molar refractivity (Wildman–Crippen MR) is 125 cm³/mol. The van der Waals surface area contributed by atoms with Crippen LogP contribution in [0.1, 0.15) is 11.1 Å². The van der Waals surface area contributed by atoms with Gasteiger partial charge in [-0.05, 0) is 24.7 Å². The van der Waals surface area contributed by atoms with Gasteiger partial charge in [0.1, 0.15) is 5.82 Å². The zero-order valence-corrected chi connectivity index (χ0v) is 18.8. The Morgan fingerprint density at radius 3 is 2.61 bits per heavy atom. The molecule has 7 nitrogen and oxygen atoms in total. The van der Waals surface area contributed by atoms with Crippen LogP contribution in [-0.4, -0.2) is 56.2 Å². The molecule has 28 heavy (non-hydrogen) atoms. The van der Waals surface area contributed by atoms with Crippen LogP contribution in [0.2, 0.25) is 0 Å².